The van der Waals surface area contributed by atoms with E-state index in [0.29, 0.717) is 30.6 Å². The fraction of sp³-hybridized carbons (Fsp3) is 0.684. The summed E-state index contributed by atoms with van der Waals surface area (Å²) >= 11 is 5.70. The molecule has 2 aliphatic rings. The second kappa shape index (κ2) is 9.28. The summed E-state index contributed by atoms with van der Waals surface area (Å²) in [5.41, 5.74) is 0.654. The van der Waals surface area contributed by atoms with E-state index in [1.807, 2.05) is 0 Å². The van der Waals surface area contributed by atoms with Crippen molar-refractivity contribution in [3.63, 3.8) is 0 Å². The Morgan fingerprint density at radius 2 is 1.60 bits per heavy atom. The van der Waals surface area contributed by atoms with Crippen molar-refractivity contribution in [1.82, 2.24) is 0 Å². The normalized spacial score (nSPS) is 30.4. The van der Waals surface area contributed by atoms with Gasteiger partial charge in [-0.2, -0.15) is 0 Å². The smallest absolute Gasteiger partial charge is 0.183 e. The van der Waals surface area contributed by atoms with Crippen molar-refractivity contribution in [3.8, 4) is 0 Å². The molecule has 0 bridgehead atoms. The molecule has 6 heteroatoms. The summed E-state index contributed by atoms with van der Waals surface area (Å²) in [7, 11) is 0. The SMILES string of the molecule is CCC[C@H]1CO[C@H](CC[C@H]2CO[C@H](c3ccc(Cl)c(F)c3)OC2)OC1. The van der Waals surface area contributed by atoms with Gasteiger partial charge in [0.2, 0.25) is 0 Å². The van der Waals surface area contributed by atoms with E-state index in [-0.39, 0.29) is 11.3 Å². The number of benzene rings is 1. The molecule has 0 spiro atoms. The molecule has 2 fully saturated rings. The van der Waals surface area contributed by atoms with Gasteiger partial charge in [-0.15, -0.1) is 0 Å². The van der Waals surface area contributed by atoms with E-state index >= 15 is 0 Å². The molecular weight excluding hydrogens is 347 g/mol. The van der Waals surface area contributed by atoms with Gasteiger partial charge in [-0.25, -0.2) is 4.39 Å². The molecule has 0 aliphatic carbocycles. The second-order valence-corrected chi connectivity index (χ2v) is 7.27. The minimum Gasteiger partial charge on any atom is -0.352 e. The van der Waals surface area contributed by atoms with Crippen LogP contribution in [-0.2, 0) is 18.9 Å². The Kier molecular flexibility index (Phi) is 7.08. The molecule has 0 atom stereocenters. The Bertz CT molecular complexity index is 540. The van der Waals surface area contributed by atoms with Crippen LogP contribution in [-0.4, -0.2) is 32.7 Å². The maximum atomic E-state index is 13.5. The Hall–Kier alpha value is -0.720. The van der Waals surface area contributed by atoms with Gasteiger partial charge in [-0.1, -0.05) is 31.0 Å². The van der Waals surface area contributed by atoms with E-state index in [9.17, 15) is 4.39 Å². The molecular formula is C19H26ClFO4. The lowest BCUT2D eigenvalue weighted by Gasteiger charge is -2.32. The zero-order chi connectivity index (χ0) is 17.6. The highest BCUT2D eigenvalue weighted by atomic mass is 35.5. The molecule has 1 aromatic carbocycles. The van der Waals surface area contributed by atoms with Crippen LogP contribution < -0.4 is 0 Å². The van der Waals surface area contributed by atoms with Gasteiger partial charge in [0.15, 0.2) is 12.6 Å². The Morgan fingerprint density at radius 1 is 0.960 bits per heavy atom. The highest BCUT2D eigenvalue weighted by molar-refractivity contribution is 6.30. The molecule has 0 amide bonds. The van der Waals surface area contributed by atoms with Gasteiger partial charge in [-0.05, 0) is 31.4 Å². The number of hydrogen-bond acceptors (Lipinski definition) is 4. The van der Waals surface area contributed by atoms with Crippen LogP contribution in [0.3, 0.4) is 0 Å². The molecule has 1 aromatic rings. The number of hydrogen-bond donors (Lipinski definition) is 0. The Balaban J connectivity index is 1.37. The molecule has 4 nitrogen and oxygen atoms in total. The minimum atomic E-state index is -0.528. The van der Waals surface area contributed by atoms with E-state index < -0.39 is 12.1 Å². The number of halogens is 2. The molecule has 2 aliphatic heterocycles. The van der Waals surface area contributed by atoms with Crippen molar-refractivity contribution < 1.29 is 23.3 Å². The summed E-state index contributed by atoms with van der Waals surface area (Å²) < 4.78 is 36.6. The molecule has 25 heavy (non-hydrogen) atoms. The summed E-state index contributed by atoms with van der Waals surface area (Å²) in [6, 6.07) is 4.62. The quantitative estimate of drug-likeness (QED) is 0.724. The fourth-order valence-electron chi connectivity index (χ4n) is 3.26. The van der Waals surface area contributed by atoms with Crippen LogP contribution in [0.5, 0.6) is 0 Å². The van der Waals surface area contributed by atoms with Crippen LogP contribution in [0.2, 0.25) is 5.02 Å². The highest BCUT2D eigenvalue weighted by Gasteiger charge is 2.27. The van der Waals surface area contributed by atoms with E-state index in [0.717, 1.165) is 38.9 Å². The lowest BCUT2D eigenvalue weighted by Crippen LogP contribution is -2.33. The van der Waals surface area contributed by atoms with Crippen LogP contribution >= 0.6 is 11.6 Å². The predicted molar refractivity (Wildman–Crippen MR) is 92.9 cm³/mol. The molecule has 0 aromatic heterocycles. The first-order valence-corrected chi connectivity index (χ1v) is 9.44. The molecule has 3 rings (SSSR count). The average molecular weight is 373 g/mol. The maximum absolute atomic E-state index is 13.5. The molecule has 2 saturated heterocycles. The zero-order valence-corrected chi connectivity index (χ0v) is 15.3. The first-order chi connectivity index (χ1) is 12.2. The molecule has 2 heterocycles. The summed E-state index contributed by atoms with van der Waals surface area (Å²) in [6.45, 7) is 4.93. The molecule has 0 radical (unpaired) electrons. The van der Waals surface area contributed by atoms with Crippen molar-refractivity contribution in [1.29, 1.82) is 0 Å². The average Bonchev–Trinajstić information content (AvgIpc) is 2.64. The third-order valence-electron chi connectivity index (χ3n) is 4.73. The maximum Gasteiger partial charge on any atom is 0.183 e. The number of rotatable bonds is 6. The van der Waals surface area contributed by atoms with Crippen LogP contribution in [0.1, 0.15) is 44.5 Å². The lowest BCUT2D eigenvalue weighted by molar-refractivity contribution is -0.220. The minimum absolute atomic E-state index is 0.103. The van der Waals surface area contributed by atoms with Crippen LogP contribution in [0.15, 0.2) is 18.2 Å². The standard InChI is InChI=1S/C19H26ClFO4/c1-2-3-13-9-22-18(23-10-13)7-4-14-11-24-19(25-12-14)15-5-6-16(20)17(21)8-15/h5-6,8,13-14,18-19H,2-4,7,9-12H2,1H3/t13-,14-,18-,19-. The molecule has 0 unspecified atom stereocenters. The van der Waals surface area contributed by atoms with Crippen LogP contribution in [0, 0.1) is 17.7 Å². The summed E-state index contributed by atoms with van der Waals surface area (Å²) in [6.07, 6.45) is 3.44. The Morgan fingerprint density at radius 3 is 2.24 bits per heavy atom. The van der Waals surface area contributed by atoms with Gasteiger partial charge < -0.3 is 18.9 Å². The Labute approximate surface area is 153 Å². The van der Waals surface area contributed by atoms with Gasteiger partial charge in [0, 0.05) is 17.4 Å². The van der Waals surface area contributed by atoms with Crippen molar-refractivity contribution >= 4 is 11.6 Å². The molecule has 0 saturated carbocycles. The van der Waals surface area contributed by atoms with Gasteiger partial charge in [0.25, 0.3) is 0 Å². The van der Waals surface area contributed by atoms with E-state index in [1.165, 1.54) is 12.1 Å². The fourth-order valence-corrected chi connectivity index (χ4v) is 3.38. The van der Waals surface area contributed by atoms with E-state index in [2.05, 4.69) is 6.92 Å². The lowest BCUT2D eigenvalue weighted by atomic mass is 10.0. The zero-order valence-electron chi connectivity index (χ0n) is 14.6. The van der Waals surface area contributed by atoms with E-state index in [1.54, 1.807) is 6.07 Å². The van der Waals surface area contributed by atoms with Crippen molar-refractivity contribution in [2.45, 2.75) is 45.2 Å². The number of ether oxygens (including phenoxy) is 4. The largest absolute Gasteiger partial charge is 0.352 e. The van der Waals surface area contributed by atoms with Crippen molar-refractivity contribution in [2.75, 3.05) is 26.4 Å². The summed E-state index contributed by atoms with van der Waals surface area (Å²) in [5, 5.41) is 0.103. The molecule has 0 N–H and O–H groups in total. The topological polar surface area (TPSA) is 36.9 Å². The van der Waals surface area contributed by atoms with Crippen LogP contribution in [0.4, 0.5) is 4.39 Å². The second-order valence-electron chi connectivity index (χ2n) is 6.87. The van der Waals surface area contributed by atoms with Crippen molar-refractivity contribution in [2.24, 2.45) is 11.8 Å². The highest BCUT2D eigenvalue weighted by Crippen LogP contribution is 2.29. The predicted octanol–water partition coefficient (Wildman–Crippen LogP) is 4.71. The summed E-state index contributed by atoms with van der Waals surface area (Å²) in [5.74, 6) is 0.374. The van der Waals surface area contributed by atoms with Gasteiger partial charge in [-0.3, -0.25) is 0 Å². The monoisotopic (exact) mass is 372 g/mol. The first kappa shape index (κ1) is 19.1. The van der Waals surface area contributed by atoms with Crippen LogP contribution in [0.25, 0.3) is 0 Å². The first-order valence-electron chi connectivity index (χ1n) is 9.07. The van der Waals surface area contributed by atoms with Gasteiger partial charge in [0.1, 0.15) is 5.82 Å². The molecule has 140 valence electrons. The third kappa shape index (κ3) is 5.38. The van der Waals surface area contributed by atoms with Gasteiger partial charge >= 0.3 is 0 Å². The van der Waals surface area contributed by atoms with Gasteiger partial charge in [0.05, 0.1) is 31.5 Å². The third-order valence-corrected chi connectivity index (χ3v) is 5.03. The summed E-state index contributed by atoms with van der Waals surface area (Å²) in [4.78, 5) is 0. The van der Waals surface area contributed by atoms with Crippen molar-refractivity contribution in [3.05, 3.63) is 34.6 Å². The van der Waals surface area contributed by atoms with E-state index in [4.69, 9.17) is 30.5 Å².